The molecule has 134 valence electrons. The van der Waals surface area contributed by atoms with Crippen molar-refractivity contribution in [2.45, 2.75) is 30.8 Å². The summed E-state index contributed by atoms with van der Waals surface area (Å²) in [4.78, 5) is 12.3. The van der Waals surface area contributed by atoms with Gasteiger partial charge in [-0.3, -0.25) is 9.89 Å². The number of aromatic amines is 1. The Labute approximate surface area is 146 Å². The summed E-state index contributed by atoms with van der Waals surface area (Å²) in [6.45, 7) is 2.70. The van der Waals surface area contributed by atoms with Gasteiger partial charge in [0.1, 0.15) is 0 Å². The highest BCUT2D eigenvalue weighted by molar-refractivity contribution is 7.89. The van der Waals surface area contributed by atoms with E-state index in [1.165, 1.54) is 18.2 Å². The van der Waals surface area contributed by atoms with Crippen LogP contribution in [0.4, 0.5) is 5.82 Å². The number of sulfonamides is 1. The minimum absolute atomic E-state index is 0.0383. The van der Waals surface area contributed by atoms with Crippen molar-refractivity contribution in [2.75, 3.05) is 18.5 Å². The van der Waals surface area contributed by atoms with Crippen molar-refractivity contribution in [3.05, 3.63) is 41.6 Å². The summed E-state index contributed by atoms with van der Waals surface area (Å²) >= 11 is 0. The van der Waals surface area contributed by atoms with Crippen LogP contribution in [-0.4, -0.2) is 43.8 Å². The molecule has 9 heteroatoms. The molecule has 0 spiro atoms. The zero-order valence-corrected chi connectivity index (χ0v) is 14.6. The second-order valence-corrected chi connectivity index (χ2v) is 7.67. The number of amides is 1. The van der Waals surface area contributed by atoms with E-state index in [9.17, 15) is 13.2 Å². The van der Waals surface area contributed by atoms with Crippen LogP contribution in [-0.2, 0) is 14.8 Å². The Morgan fingerprint density at radius 3 is 2.92 bits per heavy atom. The van der Waals surface area contributed by atoms with Gasteiger partial charge in [-0.1, -0.05) is 6.07 Å². The van der Waals surface area contributed by atoms with Crippen molar-refractivity contribution in [1.29, 1.82) is 0 Å². The van der Waals surface area contributed by atoms with Gasteiger partial charge in [0.25, 0.3) is 5.91 Å². The smallest absolute Gasteiger partial charge is 0.256 e. The van der Waals surface area contributed by atoms with Gasteiger partial charge in [-0.05, 0) is 38.0 Å². The summed E-state index contributed by atoms with van der Waals surface area (Å²) in [7, 11) is -3.70. The second kappa shape index (κ2) is 7.34. The van der Waals surface area contributed by atoms with E-state index >= 15 is 0 Å². The Kier molecular flexibility index (Phi) is 5.16. The number of rotatable bonds is 6. The van der Waals surface area contributed by atoms with Crippen molar-refractivity contribution in [1.82, 2.24) is 14.9 Å². The predicted molar refractivity (Wildman–Crippen MR) is 91.9 cm³/mol. The Hall–Kier alpha value is -2.23. The van der Waals surface area contributed by atoms with Gasteiger partial charge in [0.05, 0.1) is 11.0 Å². The van der Waals surface area contributed by atoms with E-state index in [0.717, 1.165) is 18.5 Å². The average Bonchev–Trinajstić information content (AvgIpc) is 3.25. The molecule has 1 saturated heterocycles. The maximum atomic E-state index is 12.4. The molecule has 0 saturated carbocycles. The molecule has 3 rings (SSSR count). The molecular formula is C16H20N4O4S. The number of aryl methyl sites for hydroxylation is 1. The van der Waals surface area contributed by atoms with Crippen LogP contribution in [0, 0.1) is 6.92 Å². The van der Waals surface area contributed by atoms with Crippen LogP contribution in [0.15, 0.2) is 35.2 Å². The van der Waals surface area contributed by atoms with E-state index in [0.29, 0.717) is 12.4 Å². The Morgan fingerprint density at radius 2 is 2.24 bits per heavy atom. The van der Waals surface area contributed by atoms with Crippen molar-refractivity contribution in [3.8, 4) is 0 Å². The first-order valence-corrected chi connectivity index (χ1v) is 9.47. The third-order valence-electron chi connectivity index (χ3n) is 3.88. The molecule has 3 N–H and O–H groups in total. The topological polar surface area (TPSA) is 113 Å². The summed E-state index contributed by atoms with van der Waals surface area (Å²) in [5.41, 5.74) is 1.05. The number of carbonyl (C=O) groups excluding carboxylic acids is 1. The molecule has 8 nitrogen and oxygen atoms in total. The molecule has 1 aromatic carbocycles. The Balaban J connectivity index is 1.70. The number of carbonyl (C=O) groups is 1. The molecule has 0 unspecified atom stereocenters. The first-order valence-electron chi connectivity index (χ1n) is 7.99. The van der Waals surface area contributed by atoms with Gasteiger partial charge in [0.2, 0.25) is 10.0 Å². The number of nitrogens with one attached hydrogen (secondary N) is 3. The number of hydrogen-bond acceptors (Lipinski definition) is 5. The molecule has 1 aromatic heterocycles. The quantitative estimate of drug-likeness (QED) is 0.718. The van der Waals surface area contributed by atoms with E-state index in [2.05, 4.69) is 20.2 Å². The minimum atomic E-state index is -3.70. The van der Waals surface area contributed by atoms with Gasteiger partial charge in [0.15, 0.2) is 5.82 Å². The number of aromatic nitrogens is 2. The third kappa shape index (κ3) is 4.44. The maximum Gasteiger partial charge on any atom is 0.256 e. The van der Waals surface area contributed by atoms with Crippen molar-refractivity contribution >= 4 is 21.7 Å². The fourth-order valence-corrected chi connectivity index (χ4v) is 3.68. The normalized spacial score (nSPS) is 17.6. The van der Waals surface area contributed by atoms with Crippen LogP contribution in [0.5, 0.6) is 0 Å². The fraction of sp³-hybridized carbons (Fsp3) is 0.375. The monoisotopic (exact) mass is 364 g/mol. The summed E-state index contributed by atoms with van der Waals surface area (Å²) in [5, 5.41) is 9.26. The lowest BCUT2D eigenvalue weighted by Gasteiger charge is -2.12. The third-order valence-corrected chi connectivity index (χ3v) is 5.30. The predicted octanol–water partition coefficient (Wildman–Crippen LogP) is 1.43. The zero-order valence-electron chi connectivity index (χ0n) is 13.8. The van der Waals surface area contributed by atoms with E-state index in [1.807, 2.05) is 6.92 Å². The standard InChI is InChI=1S/C16H20N4O4S/c1-11-8-15(20-19-11)18-16(21)12-4-2-6-14(9-12)25(22,23)17-10-13-5-3-7-24-13/h2,4,6,8-9,13,17H,3,5,7,10H2,1H3,(H2,18,19,20,21)/t13-/m1/s1. The molecule has 1 aliphatic heterocycles. The summed E-state index contributed by atoms with van der Waals surface area (Å²) in [5.74, 6) is -0.0463. The molecule has 1 atom stereocenters. The second-order valence-electron chi connectivity index (χ2n) is 5.91. The van der Waals surface area contributed by atoms with E-state index in [-0.39, 0.29) is 23.1 Å². The molecule has 0 radical (unpaired) electrons. The van der Waals surface area contributed by atoms with Crippen molar-refractivity contribution in [3.63, 3.8) is 0 Å². The largest absolute Gasteiger partial charge is 0.377 e. The Morgan fingerprint density at radius 1 is 1.40 bits per heavy atom. The van der Waals surface area contributed by atoms with Crippen molar-refractivity contribution in [2.24, 2.45) is 0 Å². The van der Waals surface area contributed by atoms with Gasteiger partial charge >= 0.3 is 0 Å². The molecule has 25 heavy (non-hydrogen) atoms. The van der Waals surface area contributed by atoms with Crippen LogP contribution >= 0.6 is 0 Å². The first-order chi connectivity index (χ1) is 11.9. The maximum absolute atomic E-state index is 12.4. The number of anilines is 1. The van der Waals surface area contributed by atoms with Gasteiger partial charge in [-0.2, -0.15) is 5.10 Å². The van der Waals surface area contributed by atoms with Gasteiger partial charge < -0.3 is 10.1 Å². The van der Waals surface area contributed by atoms with Gasteiger partial charge in [-0.15, -0.1) is 0 Å². The number of hydrogen-bond donors (Lipinski definition) is 3. The molecule has 0 bridgehead atoms. The highest BCUT2D eigenvalue weighted by Gasteiger charge is 2.21. The number of H-pyrrole nitrogens is 1. The lowest BCUT2D eigenvalue weighted by atomic mass is 10.2. The number of nitrogens with zero attached hydrogens (tertiary/aromatic N) is 1. The fourth-order valence-electron chi connectivity index (χ4n) is 2.57. The SMILES string of the molecule is Cc1cc(NC(=O)c2cccc(S(=O)(=O)NC[C@H]3CCCO3)c2)n[nH]1. The molecule has 1 fully saturated rings. The summed E-state index contributed by atoms with van der Waals surface area (Å²) < 4.78 is 32.8. The highest BCUT2D eigenvalue weighted by atomic mass is 32.2. The zero-order chi connectivity index (χ0) is 17.9. The summed E-state index contributed by atoms with van der Waals surface area (Å²) in [6.07, 6.45) is 1.69. The van der Waals surface area contributed by atoms with Crippen LogP contribution in [0.25, 0.3) is 0 Å². The van der Waals surface area contributed by atoms with Crippen molar-refractivity contribution < 1.29 is 17.9 Å². The summed E-state index contributed by atoms with van der Waals surface area (Å²) in [6, 6.07) is 7.56. The Bertz CT molecular complexity index is 857. The molecule has 0 aliphatic carbocycles. The molecule has 2 aromatic rings. The lowest BCUT2D eigenvalue weighted by molar-refractivity contribution is 0.102. The van der Waals surface area contributed by atoms with Crippen LogP contribution in [0.3, 0.4) is 0 Å². The van der Waals surface area contributed by atoms with E-state index < -0.39 is 15.9 Å². The molecular weight excluding hydrogens is 344 g/mol. The van der Waals surface area contributed by atoms with Gasteiger partial charge in [0, 0.05) is 30.5 Å². The van der Waals surface area contributed by atoms with Crippen LogP contribution in [0.1, 0.15) is 28.9 Å². The van der Waals surface area contributed by atoms with E-state index in [4.69, 9.17) is 4.74 Å². The van der Waals surface area contributed by atoms with Crippen LogP contribution < -0.4 is 10.0 Å². The molecule has 1 aliphatic rings. The molecule has 2 heterocycles. The minimum Gasteiger partial charge on any atom is -0.377 e. The van der Waals surface area contributed by atoms with E-state index in [1.54, 1.807) is 12.1 Å². The first kappa shape index (κ1) is 17.6. The number of benzene rings is 1. The highest BCUT2D eigenvalue weighted by Crippen LogP contribution is 2.15. The average molecular weight is 364 g/mol. The lowest BCUT2D eigenvalue weighted by Crippen LogP contribution is -2.32. The van der Waals surface area contributed by atoms with Crippen LogP contribution in [0.2, 0.25) is 0 Å². The number of ether oxygens (including phenoxy) is 1. The molecule has 1 amide bonds. The van der Waals surface area contributed by atoms with Gasteiger partial charge in [-0.25, -0.2) is 13.1 Å².